The Kier molecular flexibility index (Phi) is 7.95. The monoisotopic (exact) mass is 485 g/mol. The lowest BCUT2D eigenvalue weighted by Crippen LogP contribution is -2.30. The quantitative estimate of drug-likeness (QED) is 0.483. The molecule has 35 heavy (non-hydrogen) atoms. The van der Waals surface area contributed by atoms with E-state index in [1.807, 2.05) is 13.8 Å². The van der Waals surface area contributed by atoms with Gasteiger partial charge >= 0.3 is 11.9 Å². The van der Waals surface area contributed by atoms with Gasteiger partial charge in [0.1, 0.15) is 11.6 Å². The zero-order chi connectivity index (χ0) is 25.7. The lowest BCUT2D eigenvalue weighted by atomic mass is 10.1. The van der Waals surface area contributed by atoms with Crippen LogP contribution in [-0.4, -0.2) is 40.8 Å². The van der Waals surface area contributed by atoms with Crippen LogP contribution in [0.3, 0.4) is 0 Å². The van der Waals surface area contributed by atoms with E-state index >= 15 is 0 Å². The summed E-state index contributed by atoms with van der Waals surface area (Å²) in [5.41, 5.74) is 3.12. The summed E-state index contributed by atoms with van der Waals surface area (Å²) >= 11 is 0. The number of carbonyl (C=O) groups is 3. The molecule has 8 nitrogen and oxygen atoms in total. The molecule has 0 radical (unpaired) electrons. The Morgan fingerprint density at radius 3 is 2.43 bits per heavy atom. The van der Waals surface area contributed by atoms with E-state index in [0.29, 0.717) is 12.1 Å². The van der Waals surface area contributed by atoms with E-state index in [4.69, 9.17) is 9.47 Å². The van der Waals surface area contributed by atoms with Gasteiger partial charge in [-0.05, 0) is 69.2 Å². The summed E-state index contributed by atoms with van der Waals surface area (Å²) in [6.07, 6.45) is -0.515. The summed E-state index contributed by atoms with van der Waals surface area (Å²) in [7, 11) is 1.34. The maximum absolute atomic E-state index is 13.7. The zero-order valence-electron chi connectivity index (χ0n) is 19.7. The van der Waals surface area contributed by atoms with Crippen LogP contribution in [0.25, 0.3) is 5.69 Å². The van der Waals surface area contributed by atoms with E-state index in [1.165, 1.54) is 26.2 Å². The predicted octanol–water partition coefficient (Wildman–Crippen LogP) is 4.06. The number of benzene rings is 2. The molecule has 1 N–H and O–H groups in total. The second-order valence-electron chi connectivity index (χ2n) is 7.85. The Labute approximate surface area is 200 Å². The molecule has 184 valence electrons. The fraction of sp³-hybridized carbons (Fsp3) is 0.280. The number of rotatable bonds is 8. The van der Waals surface area contributed by atoms with Gasteiger partial charge in [0, 0.05) is 18.2 Å². The third kappa shape index (κ3) is 6.08. The number of amides is 1. The molecule has 1 heterocycles. The Hall–Kier alpha value is -4.08. The highest BCUT2D eigenvalue weighted by Gasteiger charge is 2.21. The van der Waals surface area contributed by atoms with E-state index in [0.717, 1.165) is 35.2 Å². The van der Waals surface area contributed by atoms with Crippen LogP contribution in [0.15, 0.2) is 42.5 Å². The molecule has 0 aliphatic rings. The Balaban J connectivity index is 1.66. The molecule has 0 aliphatic carbocycles. The van der Waals surface area contributed by atoms with Gasteiger partial charge in [0.15, 0.2) is 6.10 Å². The summed E-state index contributed by atoms with van der Waals surface area (Å²) in [4.78, 5) is 36.2. The molecule has 10 heteroatoms. The summed E-state index contributed by atoms with van der Waals surface area (Å²) in [5, 5.41) is 6.72. The number of hydrogen-bond acceptors (Lipinski definition) is 6. The molecular formula is C25H25F2N3O5. The number of carbonyl (C=O) groups excluding carboxylic acids is 3. The number of aryl methyl sites for hydroxylation is 1. The highest BCUT2D eigenvalue weighted by molar-refractivity contribution is 5.97. The molecule has 0 spiro atoms. The van der Waals surface area contributed by atoms with Gasteiger partial charge in [-0.2, -0.15) is 5.10 Å². The Bertz CT molecular complexity index is 1250. The minimum Gasteiger partial charge on any atom is -0.469 e. The van der Waals surface area contributed by atoms with Crippen molar-refractivity contribution in [1.82, 2.24) is 9.78 Å². The van der Waals surface area contributed by atoms with Crippen LogP contribution in [0.5, 0.6) is 0 Å². The molecule has 1 unspecified atom stereocenters. The maximum atomic E-state index is 13.7. The molecule has 0 bridgehead atoms. The van der Waals surface area contributed by atoms with Crippen molar-refractivity contribution in [2.24, 2.45) is 0 Å². The van der Waals surface area contributed by atoms with Crippen molar-refractivity contribution in [3.05, 3.63) is 76.6 Å². The fourth-order valence-corrected chi connectivity index (χ4v) is 3.47. The minimum atomic E-state index is -1.25. The first kappa shape index (κ1) is 25.5. The van der Waals surface area contributed by atoms with Crippen LogP contribution in [0, 0.1) is 25.5 Å². The smallest absolute Gasteiger partial charge is 0.338 e. The number of halogens is 2. The van der Waals surface area contributed by atoms with E-state index in [2.05, 4.69) is 10.4 Å². The average Bonchev–Trinajstić information content (AvgIpc) is 3.12. The van der Waals surface area contributed by atoms with E-state index in [9.17, 15) is 23.2 Å². The molecule has 0 fully saturated rings. The lowest BCUT2D eigenvalue weighted by Gasteiger charge is -2.14. The maximum Gasteiger partial charge on any atom is 0.338 e. The van der Waals surface area contributed by atoms with Gasteiger partial charge in [-0.25, -0.2) is 18.3 Å². The molecule has 0 aliphatic heterocycles. The lowest BCUT2D eigenvalue weighted by molar-refractivity contribution is -0.140. The van der Waals surface area contributed by atoms with Crippen molar-refractivity contribution in [3.8, 4) is 5.69 Å². The molecule has 1 aromatic heterocycles. The van der Waals surface area contributed by atoms with Gasteiger partial charge in [-0.15, -0.1) is 0 Å². The summed E-state index contributed by atoms with van der Waals surface area (Å²) in [6, 6.07) is 9.04. The van der Waals surface area contributed by atoms with E-state index < -0.39 is 29.6 Å². The van der Waals surface area contributed by atoms with Crippen molar-refractivity contribution in [3.63, 3.8) is 0 Å². The van der Waals surface area contributed by atoms with Crippen molar-refractivity contribution in [1.29, 1.82) is 0 Å². The largest absolute Gasteiger partial charge is 0.469 e. The number of methoxy groups -OCH3 is 1. The molecule has 2 aromatic carbocycles. The molecule has 3 aromatic rings. The zero-order valence-corrected chi connectivity index (χ0v) is 19.7. The van der Waals surface area contributed by atoms with Gasteiger partial charge in [-0.1, -0.05) is 0 Å². The highest BCUT2D eigenvalue weighted by atomic mass is 19.1. The second-order valence-corrected chi connectivity index (χ2v) is 7.85. The van der Waals surface area contributed by atoms with Crippen LogP contribution in [0.2, 0.25) is 0 Å². The van der Waals surface area contributed by atoms with Crippen LogP contribution in [0.1, 0.15) is 40.7 Å². The SMILES string of the molecule is COC(=O)CCc1c(C)nn(-c2ccc(C(=O)OC(C)C(=O)Nc3cc(F)ccc3F)cc2)c1C. The Morgan fingerprint density at radius 1 is 1.09 bits per heavy atom. The third-order valence-electron chi connectivity index (χ3n) is 5.43. The fourth-order valence-electron chi connectivity index (χ4n) is 3.47. The van der Waals surface area contributed by atoms with Gasteiger partial charge in [-0.3, -0.25) is 9.59 Å². The number of esters is 2. The standard InChI is InChI=1S/C25H25F2N3O5/c1-14-20(10-12-23(31)34-4)15(2)30(29-14)19-8-5-17(6-9-19)25(33)35-16(3)24(32)28-22-13-18(26)7-11-21(22)27/h5-9,11,13,16H,10,12H2,1-4H3,(H,28,32). The number of ether oxygens (including phenoxy) is 2. The Morgan fingerprint density at radius 2 is 1.77 bits per heavy atom. The van der Waals surface area contributed by atoms with Crippen LogP contribution in [-0.2, 0) is 25.5 Å². The van der Waals surface area contributed by atoms with E-state index in [-0.39, 0.29) is 23.6 Å². The predicted molar refractivity (Wildman–Crippen MR) is 123 cm³/mol. The number of nitrogens with one attached hydrogen (secondary N) is 1. The van der Waals surface area contributed by atoms with Gasteiger partial charge in [0.25, 0.3) is 5.91 Å². The average molecular weight is 485 g/mol. The molecule has 0 saturated carbocycles. The van der Waals surface area contributed by atoms with Gasteiger partial charge in [0.2, 0.25) is 0 Å². The molecular weight excluding hydrogens is 460 g/mol. The van der Waals surface area contributed by atoms with Crippen LogP contribution < -0.4 is 5.32 Å². The van der Waals surface area contributed by atoms with E-state index in [1.54, 1.807) is 16.8 Å². The van der Waals surface area contributed by atoms with Crippen molar-refractivity contribution < 1.29 is 32.6 Å². The van der Waals surface area contributed by atoms with Gasteiger partial charge < -0.3 is 14.8 Å². The highest BCUT2D eigenvalue weighted by Crippen LogP contribution is 2.21. The van der Waals surface area contributed by atoms with Crippen molar-refractivity contribution >= 4 is 23.5 Å². The first-order chi connectivity index (χ1) is 16.6. The topological polar surface area (TPSA) is 99.5 Å². The molecule has 1 atom stereocenters. The first-order valence-electron chi connectivity index (χ1n) is 10.8. The van der Waals surface area contributed by atoms with Crippen molar-refractivity contribution in [2.75, 3.05) is 12.4 Å². The summed E-state index contributed by atoms with van der Waals surface area (Å²) in [5.74, 6) is -3.40. The normalized spacial score (nSPS) is 11.6. The second kappa shape index (κ2) is 10.9. The third-order valence-corrected chi connectivity index (χ3v) is 5.43. The first-order valence-corrected chi connectivity index (χ1v) is 10.8. The summed E-state index contributed by atoms with van der Waals surface area (Å²) in [6.45, 7) is 5.06. The molecule has 1 amide bonds. The molecule has 3 rings (SSSR count). The minimum absolute atomic E-state index is 0.192. The van der Waals surface area contributed by atoms with Gasteiger partial charge in [0.05, 0.1) is 29.7 Å². The number of aromatic nitrogens is 2. The molecule has 0 saturated heterocycles. The summed E-state index contributed by atoms with van der Waals surface area (Å²) < 4.78 is 38.6. The number of anilines is 1. The van der Waals surface area contributed by atoms with Crippen molar-refractivity contribution in [2.45, 2.75) is 39.7 Å². The number of nitrogens with zero attached hydrogens (tertiary/aromatic N) is 2. The van der Waals surface area contributed by atoms with Crippen LogP contribution in [0.4, 0.5) is 14.5 Å². The number of hydrogen-bond donors (Lipinski definition) is 1. The van der Waals surface area contributed by atoms with Crippen LogP contribution >= 0.6 is 0 Å².